The van der Waals surface area contributed by atoms with Gasteiger partial charge in [-0.2, -0.15) is 0 Å². The minimum atomic E-state index is -1.00. The Labute approximate surface area is 165 Å². The van der Waals surface area contributed by atoms with E-state index in [-0.39, 0.29) is 23.2 Å². The number of primary amides is 1. The van der Waals surface area contributed by atoms with Crippen LogP contribution in [-0.2, 0) is 4.79 Å². The molecule has 2 bridgehead atoms. The first-order valence-electron chi connectivity index (χ1n) is 9.95. The van der Waals surface area contributed by atoms with Gasteiger partial charge in [-0.15, -0.1) is 0 Å². The zero-order valence-electron chi connectivity index (χ0n) is 16.8. The van der Waals surface area contributed by atoms with Crippen LogP contribution in [0.3, 0.4) is 0 Å². The van der Waals surface area contributed by atoms with E-state index in [0.717, 1.165) is 36.7 Å². The van der Waals surface area contributed by atoms with Gasteiger partial charge in [-0.25, -0.2) is 0 Å². The van der Waals surface area contributed by atoms with Crippen molar-refractivity contribution in [2.24, 2.45) is 16.6 Å². The van der Waals surface area contributed by atoms with Crippen LogP contribution in [0.5, 0.6) is 0 Å². The Morgan fingerprint density at radius 3 is 2.71 bits per heavy atom. The molecule has 1 saturated heterocycles. The fraction of sp³-hybridized carbons (Fsp3) is 0.545. The smallest absolute Gasteiger partial charge is 0.254 e. The molecule has 1 aliphatic carbocycles. The lowest BCUT2D eigenvalue weighted by molar-refractivity contribution is -0.121. The number of amides is 2. The van der Waals surface area contributed by atoms with Crippen LogP contribution in [0.2, 0.25) is 0 Å². The van der Waals surface area contributed by atoms with Crippen molar-refractivity contribution in [1.82, 2.24) is 9.47 Å². The molecule has 2 fully saturated rings. The Balaban J connectivity index is 1.60. The van der Waals surface area contributed by atoms with Crippen LogP contribution < -0.4 is 5.73 Å². The molecule has 2 aromatic rings. The molecule has 1 saturated carbocycles. The molecule has 6 nitrogen and oxygen atoms in total. The topological polar surface area (TPSA) is 88.6 Å². The molecule has 4 rings (SSSR count). The molecular formula is C22H29N3O3. The van der Waals surface area contributed by atoms with E-state index in [9.17, 15) is 14.7 Å². The summed E-state index contributed by atoms with van der Waals surface area (Å²) < 4.78 is 1.61. The first kappa shape index (κ1) is 19.0. The number of aliphatic hydroxyl groups excluding tert-OH is 1. The van der Waals surface area contributed by atoms with Crippen molar-refractivity contribution >= 4 is 22.7 Å². The predicted octanol–water partition coefficient (Wildman–Crippen LogP) is 3.05. The summed E-state index contributed by atoms with van der Waals surface area (Å²) in [6.45, 7) is 7.73. The number of likely N-dealkylation sites (tertiary alicyclic amines) is 1. The SMILES string of the molecule is CC1(C)CC2CC(C)(CN2C(=O)c2ccc3c(ccn3C(O)CC(N)=O)c2)C1. The van der Waals surface area contributed by atoms with Crippen LogP contribution in [0.1, 0.15) is 63.0 Å². The Kier molecular flexibility index (Phi) is 4.30. The highest BCUT2D eigenvalue weighted by Gasteiger charge is 2.51. The van der Waals surface area contributed by atoms with Crippen molar-refractivity contribution in [3.63, 3.8) is 0 Å². The van der Waals surface area contributed by atoms with Crippen LogP contribution in [0.4, 0.5) is 0 Å². The molecule has 3 atom stereocenters. The summed E-state index contributed by atoms with van der Waals surface area (Å²) in [5.74, 6) is -0.475. The Hall–Kier alpha value is -2.34. The van der Waals surface area contributed by atoms with Gasteiger partial charge in [0.1, 0.15) is 6.23 Å². The van der Waals surface area contributed by atoms with Gasteiger partial charge in [-0.05, 0) is 54.4 Å². The predicted molar refractivity (Wildman–Crippen MR) is 108 cm³/mol. The van der Waals surface area contributed by atoms with Crippen LogP contribution >= 0.6 is 0 Å². The molecule has 0 radical (unpaired) electrons. The normalized spacial score (nSPS) is 27.1. The van der Waals surface area contributed by atoms with Crippen molar-refractivity contribution in [3.8, 4) is 0 Å². The van der Waals surface area contributed by atoms with E-state index in [1.807, 2.05) is 24.3 Å². The Morgan fingerprint density at radius 1 is 1.25 bits per heavy atom. The minimum Gasteiger partial charge on any atom is -0.373 e. The van der Waals surface area contributed by atoms with Gasteiger partial charge in [0.05, 0.1) is 11.9 Å². The maximum absolute atomic E-state index is 13.3. The summed E-state index contributed by atoms with van der Waals surface area (Å²) in [5.41, 5.74) is 7.10. The van der Waals surface area contributed by atoms with Crippen LogP contribution in [0.25, 0.3) is 10.9 Å². The van der Waals surface area contributed by atoms with E-state index in [4.69, 9.17) is 5.73 Å². The van der Waals surface area contributed by atoms with Crippen molar-refractivity contribution in [2.75, 3.05) is 6.54 Å². The second kappa shape index (κ2) is 6.34. The number of carbonyl (C=O) groups is 2. The van der Waals surface area contributed by atoms with Gasteiger partial charge in [0.15, 0.2) is 0 Å². The molecule has 2 aliphatic rings. The zero-order chi connectivity index (χ0) is 20.3. The maximum atomic E-state index is 13.3. The quantitative estimate of drug-likeness (QED) is 0.850. The van der Waals surface area contributed by atoms with Crippen LogP contribution in [0, 0.1) is 10.8 Å². The van der Waals surface area contributed by atoms with Crippen LogP contribution in [-0.4, -0.2) is 39.0 Å². The van der Waals surface area contributed by atoms with Gasteiger partial charge in [0.2, 0.25) is 5.91 Å². The molecule has 1 aromatic heterocycles. The number of carbonyl (C=O) groups excluding carboxylic acids is 2. The number of fused-ring (bicyclic) bond motifs is 3. The van der Waals surface area contributed by atoms with Gasteiger partial charge in [0.25, 0.3) is 5.91 Å². The molecule has 28 heavy (non-hydrogen) atoms. The lowest BCUT2D eigenvalue weighted by atomic mass is 9.65. The summed E-state index contributed by atoms with van der Waals surface area (Å²) in [7, 11) is 0. The summed E-state index contributed by atoms with van der Waals surface area (Å²) in [4.78, 5) is 26.4. The van der Waals surface area contributed by atoms with E-state index in [1.165, 1.54) is 0 Å². The third kappa shape index (κ3) is 3.30. The highest BCUT2D eigenvalue weighted by atomic mass is 16.3. The first-order chi connectivity index (χ1) is 13.1. The number of aromatic nitrogens is 1. The molecule has 1 aliphatic heterocycles. The second-order valence-corrected chi connectivity index (χ2v) is 9.79. The van der Waals surface area contributed by atoms with E-state index in [0.29, 0.717) is 11.6 Å². The summed E-state index contributed by atoms with van der Waals surface area (Å²) in [5, 5.41) is 11.1. The first-order valence-corrected chi connectivity index (χ1v) is 9.95. The fourth-order valence-corrected chi connectivity index (χ4v) is 5.70. The van der Waals surface area contributed by atoms with Crippen molar-refractivity contribution in [2.45, 2.75) is 58.7 Å². The van der Waals surface area contributed by atoms with Crippen molar-refractivity contribution in [1.29, 1.82) is 0 Å². The summed E-state index contributed by atoms with van der Waals surface area (Å²) >= 11 is 0. The molecule has 6 heteroatoms. The van der Waals surface area contributed by atoms with Crippen LogP contribution in [0.15, 0.2) is 30.5 Å². The zero-order valence-corrected chi connectivity index (χ0v) is 16.8. The Morgan fingerprint density at radius 2 is 2.00 bits per heavy atom. The standard InChI is InChI=1S/C22H29N3O3/c1-21(2)10-16-11-22(3,12-21)13-25(16)20(28)15-4-5-17-14(8-15)6-7-24(17)19(27)9-18(23)26/h4-8,16,19,27H,9-13H2,1-3H3,(H2,23,26). The summed E-state index contributed by atoms with van der Waals surface area (Å²) in [6.07, 6.45) is 3.86. The highest BCUT2D eigenvalue weighted by molar-refractivity contribution is 5.98. The molecule has 1 aromatic carbocycles. The monoisotopic (exact) mass is 383 g/mol. The number of nitrogens with two attached hydrogens (primary N) is 1. The molecular weight excluding hydrogens is 354 g/mol. The third-order valence-electron chi connectivity index (χ3n) is 6.35. The largest absolute Gasteiger partial charge is 0.373 e. The average Bonchev–Trinajstić information content (AvgIpc) is 3.10. The third-order valence-corrected chi connectivity index (χ3v) is 6.35. The van der Waals surface area contributed by atoms with E-state index < -0.39 is 12.1 Å². The molecule has 2 heterocycles. The van der Waals surface area contributed by atoms with Gasteiger partial charge >= 0.3 is 0 Å². The van der Waals surface area contributed by atoms with Crippen molar-refractivity contribution in [3.05, 3.63) is 36.0 Å². The van der Waals surface area contributed by atoms with Gasteiger partial charge < -0.3 is 20.3 Å². The van der Waals surface area contributed by atoms with Gasteiger partial charge in [0, 0.05) is 29.7 Å². The maximum Gasteiger partial charge on any atom is 0.254 e. The number of hydrogen-bond donors (Lipinski definition) is 2. The van der Waals surface area contributed by atoms with Crippen molar-refractivity contribution < 1.29 is 14.7 Å². The molecule has 3 unspecified atom stereocenters. The van der Waals surface area contributed by atoms with E-state index in [1.54, 1.807) is 10.8 Å². The number of aliphatic hydroxyl groups is 1. The highest BCUT2D eigenvalue weighted by Crippen LogP contribution is 2.52. The summed E-state index contributed by atoms with van der Waals surface area (Å²) in [6, 6.07) is 7.68. The second-order valence-electron chi connectivity index (χ2n) is 9.79. The lowest BCUT2D eigenvalue weighted by Crippen LogP contribution is -2.37. The number of benzene rings is 1. The molecule has 0 spiro atoms. The van der Waals surface area contributed by atoms with Gasteiger partial charge in [-0.1, -0.05) is 20.8 Å². The minimum absolute atomic E-state index is 0.0822. The number of rotatable bonds is 4. The fourth-order valence-electron chi connectivity index (χ4n) is 5.70. The Bertz CT molecular complexity index is 948. The number of hydrogen-bond acceptors (Lipinski definition) is 3. The van der Waals surface area contributed by atoms with E-state index in [2.05, 4.69) is 25.7 Å². The average molecular weight is 383 g/mol. The number of nitrogens with zero attached hydrogens (tertiary/aromatic N) is 2. The lowest BCUT2D eigenvalue weighted by Gasteiger charge is -2.39. The molecule has 3 N–H and O–H groups in total. The van der Waals surface area contributed by atoms with Gasteiger partial charge in [-0.3, -0.25) is 9.59 Å². The molecule has 2 amide bonds. The van der Waals surface area contributed by atoms with E-state index >= 15 is 0 Å². The molecule has 150 valence electrons.